The minimum atomic E-state index is -0.0925. The number of nitrogens with zero attached hydrogens (tertiary/aromatic N) is 4. The van der Waals surface area contributed by atoms with Gasteiger partial charge in [-0.25, -0.2) is 0 Å². The molecule has 1 N–H and O–H groups in total. The molecule has 5 nitrogen and oxygen atoms in total. The van der Waals surface area contributed by atoms with E-state index in [1.165, 1.54) is 44.2 Å². The molecule has 4 fully saturated rings. The number of allylic oxidation sites excluding steroid dienone is 1. The molecular formula is C28H38N4O. The van der Waals surface area contributed by atoms with Crippen molar-refractivity contribution in [1.82, 2.24) is 15.1 Å². The third-order valence-corrected chi connectivity index (χ3v) is 10.6. The summed E-state index contributed by atoms with van der Waals surface area (Å²) >= 11 is 0. The molecule has 6 rings (SSSR count). The van der Waals surface area contributed by atoms with Crippen molar-refractivity contribution < 1.29 is 5.11 Å². The predicted molar refractivity (Wildman–Crippen MR) is 132 cm³/mol. The zero-order valence-corrected chi connectivity index (χ0v) is 20.2. The van der Waals surface area contributed by atoms with Crippen LogP contribution in [0, 0.1) is 40.4 Å². The molecule has 0 amide bonds. The monoisotopic (exact) mass is 446 g/mol. The summed E-state index contributed by atoms with van der Waals surface area (Å²) in [5.41, 5.74) is 3.66. The van der Waals surface area contributed by atoms with E-state index in [4.69, 9.17) is 5.10 Å². The predicted octanol–water partition coefficient (Wildman–Crippen LogP) is 5.84. The van der Waals surface area contributed by atoms with Crippen LogP contribution >= 0.6 is 0 Å². The molecule has 0 bridgehead atoms. The first-order chi connectivity index (χ1) is 15.9. The Balaban J connectivity index is 1.32. The summed E-state index contributed by atoms with van der Waals surface area (Å²) in [6.07, 6.45) is 12.5. The van der Waals surface area contributed by atoms with E-state index in [0.29, 0.717) is 23.2 Å². The molecule has 4 aliphatic carbocycles. The number of rotatable bonds is 3. The summed E-state index contributed by atoms with van der Waals surface area (Å²) in [5.74, 6) is 3.38. The van der Waals surface area contributed by atoms with Crippen LogP contribution in [-0.4, -0.2) is 32.0 Å². The fourth-order valence-corrected chi connectivity index (χ4v) is 8.82. The third kappa shape index (κ3) is 3.18. The molecule has 0 unspecified atom stereocenters. The van der Waals surface area contributed by atoms with Crippen molar-refractivity contribution in [3.63, 3.8) is 0 Å². The fourth-order valence-electron chi connectivity index (χ4n) is 8.82. The number of aromatic nitrogens is 3. The summed E-state index contributed by atoms with van der Waals surface area (Å²) in [6, 6.07) is 8.07. The van der Waals surface area contributed by atoms with E-state index in [-0.39, 0.29) is 11.5 Å². The topological polar surface area (TPSA) is 63.3 Å². The number of aliphatic hydroxyl groups excluding tert-OH is 1. The highest BCUT2D eigenvalue weighted by Gasteiger charge is 2.60. The molecule has 1 heterocycles. The van der Waals surface area contributed by atoms with Crippen molar-refractivity contribution in [3.05, 3.63) is 36.9 Å². The molecule has 0 radical (unpaired) electrons. The van der Waals surface area contributed by atoms with E-state index in [2.05, 4.69) is 42.9 Å². The second kappa shape index (κ2) is 7.76. The minimum Gasteiger partial charge on any atom is -0.393 e. The molecule has 0 aliphatic heterocycles. The summed E-state index contributed by atoms with van der Waals surface area (Å²) in [4.78, 5) is 1.75. The van der Waals surface area contributed by atoms with Gasteiger partial charge in [-0.05, 0) is 110 Å². The molecule has 5 heteroatoms. The molecule has 1 aromatic carbocycles. The maximum Gasteiger partial charge on any atom is 0.115 e. The van der Waals surface area contributed by atoms with E-state index < -0.39 is 0 Å². The van der Waals surface area contributed by atoms with Crippen molar-refractivity contribution in [2.45, 2.75) is 77.7 Å². The molecule has 176 valence electrons. The van der Waals surface area contributed by atoms with Gasteiger partial charge < -0.3 is 5.11 Å². The zero-order valence-electron chi connectivity index (χ0n) is 20.2. The average molecular weight is 447 g/mol. The largest absolute Gasteiger partial charge is 0.393 e. The molecular weight excluding hydrogens is 408 g/mol. The van der Waals surface area contributed by atoms with E-state index >= 15 is 0 Å². The van der Waals surface area contributed by atoms with Crippen LogP contribution < -0.4 is 0 Å². The van der Waals surface area contributed by atoms with Gasteiger partial charge in [-0.1, -0.05) is 32.1 Å². The van der Waals surface area contributed by atoms with E-state index in [1.807, 2.05) is 18.2 Å². The highest BCUT2D eigenvalue weighted by Crippen LogP contribution is 2.66. The summed E-state index contributed by atoms with van der Waals surface area (Å²) < 4.78 is 0. The smallest absolute Gasteiger partial charge is 0.115 e. The molecule has 0 saturated heterocycles. The minimum absolute atomic E-state index is 0.0925. The van der Waals surface area contributed by atoms with E-state index in [9.17, 15) is 5.11 Å². The Labute approximate surface area is 197 Å². The lowest BCUT2D eigenvalue weighted by molar-refractivity contribution is -0.116. The van der Waals surface area contributed by atoms with Crippen LogP contribution in [0.25, 0.3) is 11.0 Å². The molecule has 2 aromatic rings. The van der Waals surface area contributed by atoms with Crippen LogP contribution in [0.3, 0.4) is 0 Å². The van der Waals surface area contributed by atoms with Gasteiger partial charge in [-0.3, -0.25) is 0 Å². The van der Waals surface area contributed by atoms with Gasteiger partial charge in [0.2, 0.25) is 0 Å². The van der Waals surface area contributed by atoms with Crippen LogP contribution in [-0.2, 0) is 0 Å². The van der Waals surface area contributed by atoms with Crippen LogP contribution in [0.15, 0.2) is 42.0 Å². The third-order valence-electron chi connectivity index (χ3n) is 10.6. The van der Waals surface area contributed by atoms with Gasteiger partial charge in [-0.2, -0.15) is 5.10 Å². The Morgan fingerprint density at radius 3 is 2.79 bits per heavy atom. The van der Waals surface area contributed by atoms with Gasteiger partial charge in [0.25, 0.3) is 0 Å². The average Bonchev–Trinajstić information content (AvgIpc) is 3.35. The second-order valence-electron chi connectivity index (χ2n) is 12.0. The SMILES string of the molecule is C=CC[C@@H]1C[C@@]2(C)[C@@H](CC[C@@H]3[C@@H]2CC[C@]2(C)[C@@H](O)CC[C@@H]32)C/C1=N\n1nnc2ccccc21. The Bertz CT molecular complexity index is 1090. The van der Waals surface area contributed by atoms with Gasteiger partial charge in [0, 0.05) is 11.6 Å². The standard InChI is InChI=1S/C28H38N4O/c1-4-7-18-17-28(3)19(16-24(18)30-32-25-9-6-5-8-23(25)29-31-32)10-11-20-21-12-13-26(33)27(21,2)15-14-22(20)28/h4-6,8-9,18-22,26,33H,1,7,10-17H2,2-3H3/b30-24+/t18-,19+,20+,21+,22+,26+,27+,28+/m1/s1. The van der Waals surface area contributed by atoms with Gasteiger partial charge in [-0.15, -0.1) is 16.5 Å². The Morgan fingerprint density at radius 2 is 1.94 bits per heavy atom. The number of benzene rings is 1. The lowest BCUT2D eigenvalue weighted by Crippen LogP contribution is -2.55. The van der Waals surface area contributed by atoms with E-state index in [0.717, 1.165) is 42.1 Å². The zero-order chi connectivity index (χ0) is 22.8. The van der Waals surface area contributed by atoms with Crippen molar-refractivity contribution in [1.29, 1.82) is 0 Å². The Kier molecular flexibility index (Phi) is 5.06. The van der Waals surface area contributed by atoms with Gasteiger partial charge in [0.1, 0.15) is 11.0 Å². The molecule has 33 heavy (non-hydrogen) atoms. The second-order valence-corrected chi connectivity index (χ2v) is 12.0. The van der Waals surface area contributed by atoms with Crippen molar-refractivity contribution in [2.24, 2.45) is 45.5 Å². The van der Waals surface area contributed by atoms with Crippen molar-refractivity contribution in [3.8, 4) is 0 Å². The first kappa shape index (κ1) is 21.5. The Hall–Kier alpha value is -2.01. The van der Waals surface area contributed by atoms with Gasteiger partial charge in [0.15, 0.2) is 0 Å². The summed E-state index contributed by atoms with van der Waals surface area (Å²) in [6.45, 7) is 9.07. The normalized spacial score (nSPS) is 43.8. The van der Waals surface area contributed by atoms with Crippen LogP contribution in [0.5, 0.6) is 0 Å². The van der Waals surface area contributed by atoms with Crippen LogP contribution in [0.4, 0.5) is 0 Å². The summed E-state index contributed by atoms with van der Waals surface area (Å²) in [5, 5.41) is 24.5. The number of fused-ring (bicyclic) bond motifs is 6. The van der Waals surface area contributed by atoms with Gasteiger partial charge in [0.05, 0.1) is 6.10 Å². The number of aliphatic hydroxyl groups is 1. The quantitative estimate of drug-likeness (QED) is 0.602. The maximum atomic E-state index is 10.8. The maximum absolute atomic E-state index is 10.8. The molecule has 8 atom stereocenters. The fraction of sp³-hybridized carbons (Fsp3) is 0.679. The molecule has 1 aromatic heterocycles. The van der Waals surface area contributed by atoms with Crippen molar-refractivity contribution in [2.75, 3.05) is 0 Å². The molecule has 0 spiro atoms. The lowest BCUT2D eigenvalue weighted by Gasteiger charge is -2.61. The highest BCUT2D eigenvalue weighted by molar-refractivity contribution is 5.88. The van der Waals surface area contributed by atoms with Crippen LogP contribution in [0.1, 0.15) is 71.6 Å². The number of para-hydroxylation sites is 1. The first-order valence-electron chi connectivity index (χ1n) is 13.1. The van der Waals surface area contributed by atoms with Crippen LogP contribution in [0.2, 0.25) is 0 Å². The van der Waals surface area contributed by atoms with E-state index in [1.54, 1.807) is 4.79 Å². The number of hydrogen-bond acceptors (Lipinski definition) is 4. The summed E-state index contributed by atoms with van der Waals surface area (Å²) in [7, 11) is 0. The first-order valence-corrected chi connectivity index (χ1v) is 13.1. The van der Waals surface area contributed by atoms with Gasteiger partial charge >= 0.3 is 0 Å². The molecule has 4 aliphatic rings. The van der Waals surface area contributed by atoms with Crippen molar-refractivity contribution >= 4 is 16.7 Å². The molecule has 4 saturated carbocycles. The highest BCUT2D eigenvalue weighted by atomic mass is 16.3. The Morgan fingerprint density at radius 1 is 1.12 bits per heavy atom. The number of hydrogen-bond donors (Lipinski definition) is 1. The lowest BCUT2D eigenvalue weighted by atomic mass is 9.44.